The van der Waals surface area contributed by atoms with Crippen molar-refractivity contribution in [3.05, 3.63) is 68.4 Å². The average molecular weight is 293 g/mol. The number of aromatic nitrogens is 2. The molecule has 0 aliphatic rings. The lowest BCUT2D eigenvalue weighted by molar-refractivity contribution is 0.703. The second-order valence-electron chi connectivity index (χ2n) is 4.29. The molecular formula is C14H10Cl2N2O. The van der Waals surface area contributed by atoms with Gasteiger partial charge < -0.3 is 0 Å². The number of aromatic amines is 1. The zero-order valence-electron chi connectivity index (χ0n) is 9.86. The molecule has 0 saturated heterocycles. The molecule has 0 bridgehead atoms. The van der Waals surface area contributed by atoms with Crippen LogP contribution in [0.5, 0.6) is 0 Å². The molecule has 1 aromatic heterocycles. The standard InChI is InChI=1S/C14H10Cl2N2O/c15-11-6-5-9(7-12(11)16)8-18-13-4-2-1-3-10(13)14(19)17-18/h1-7H,8H2,(H,17,19). The first kappa shape index (κ1) is 12.3. The molecule has 0 saturated carbocycles. The SMILES string of the molecule is O=c1[nH]n(Cc2ccc(Cl)c(Cl)c2)c2ccccc12. The van der Waals surface area contributed by atoms with Crippen molar-refractivity contribution in [3.8, 4) is 0 Å². The van der Waals surface area contributed by atoms with Crippen molar-refractivity contribution < 1.29 is 0 Å². The van der Waals surface area contributed by atoms with E-state index in [1.54, 1.807) is 22.9 Å². The molecule has 1 heterocycles. The summed E-state index contributed by atoms with van der Waals surface area (Å²) in [5.74, 6) is 0. The molecule has 1 N–H and O–H groups in total. The molecular weight excluding hydrogens is 283 g/mol. The second kappa shape index (κ2) is 4.76. The summed E-state index contributed by atoms with van der Waals surface area (Å²) in [7, 11) is 0. The summed E-state index contributed by atoms with van der Waals surface area (Å²) in [5, 5.41) is 4.54. The molecule has 19 heavy (non-hydrogen) atoms. The summed E-state index contributed by atoms with van der Waals surface area (Å²) in [5.41, 5.74) is 1.76. The number of benzene rings is 2. The molecule has 0 fully saturated rings. The molecule has 0 radical (unpaired) electrons. The van der Waals surface area contributed by atoms with Crippen molar-refractivity contribution in [2.45, 2.75) is 6.54 Å². The van der Waals surface area contributed by atoms with E-state index < -0.39 is 0 Å². The van der Waals surface area contributed by atoms with Crippen LogP contribution in [0.15, 0.2) is 47.3 Å². The zero-order chi connectivity index (χ0) is 13.4. The van der Waals surface area contributed by atoms with Crippen LogP contribution in [0.25, 0.3) is 10.9 Å². The van der Waals surface area contributed by atoms with E-state index in [9.17, 15) is 4.79 Å². The molecule has 3 aromatic rings. The molecule has 0 unspecified atom stereocenters. The highest BCUT2D eigenvalue weighted by molar-refractivity contribution is 6.42. The van der Waals surface area contributed by atoms with Crippen molar-refractivity contribution in [1.82, 2.24) is 9.78 Å². The molecule has 5 heteroatoms. The largest absolute Gasteiger partial charge is 0.280 e. The smallest absolute Gasteiger partial charge is 0.271 e. The highest BCUT2D eigenvalue weighted by atomic mass is 35.5. The topological polar surface area (TPSA) is 37.8 Å². The van der Waals surface area contributed by atoms with Gasteiger partial charge in [-0.1, -0.05) is 41.4 Å². The van der Waals surface area contributed by atoms with Gasteiger partial charge in [-0.05, 0) is 29.8 Å². The molecule has 3 rings (SSSR count). The summed E-state index contributed by atoms with van der Waals surface area (Å²) in [6.45, 7) is 0.541. The van der Waals surface area contributed by atoms with Gasteiger partial charge >= 0.3 is 0 Å². The van der Waals surface area contributed by atoms with E-state index in [0.717, 1.165) is 11.1 Å². The summed E-state index contributed by atoms with van der Waals surface area (Å²) >= 11 is 11.9. The second-order valence-corrected chi connectivity index (χ2v) is 5.11. The first-order valence-electron chi connectivity index (χ1n) is 5.76. The zero-order valence-corrected chi connectivity index (χ0v) is 11.4. The van der Waals surface area contributed by atoms with Gasteiger partial charge in [0.2, 0.25) is 0 Å². The lowest BCUT2D eigenvalue weighted by Crippen LogP contribution is -2.06. The van der Waals surface area contributed by atoms with Gasteiger partial charge in [0, 0.05) is 0 Å². The lowest BCUT2D eigenvalue weighted by Gasteiger charge is -2.06. The minimum Gasteiger partial charge on any atom is -0.280 e. The fraction of sp³-hybridized carbons (Fsp3) is 0.0714. The van der Waals surface area contributed by atoms with Gasteiger partial charge in [-0.15, -0.1) is 0 Å². The Balaban J connectivity index is 2.06. The van der Waals surface area contributed by atoms with Crippen LogP contribution in [-0.4, -0.2) is 9.78 Å². The number of rotatable bonds is 2. The highest BCUT2D eigenvalue weighted by Gasteiger charge is 2.06. The van der Waals surface area contributed by atoms with E-state index in [1.807, 2.05) is 24.3 Å². The predicted octanol–water partition coefficient (Wildman–Crippen LogP) is 3.68. The highest BCUT2D eigenvalue weighted by Crippen LogP contribution is 2.23. The third-order valence-electron chi connectivity index (χ3n) is 3.00. The molecule has 0 aliphatic heterocycles. The first-order valence-corrected chi connectivity index (χ1v) is 6.52. The number of fused-ring (bicyclic) bond motifs is 1. The third-order valence-corrected chi connectivity index (χ3v) is 3.74. The number of H-pyrrole nitrogens is 1. The van der Waals surface area contributed by atoms with Crippen LogP contribution in [-0.2, 0) is 6.54 Å². The Morgan fingerprint density at radius 2 is 1.84 bits per heavy atom. The maximum Gasteiger partial charge on any atom is 0.271 e. The molecule has 0 atom stereocenters. The van der Waals surface area contributed by atoms with Crippen LogP contribution in [0, 0.1) is 0 Å². The molecule has 0 spiro atoms. The average Bonchev–Trinajstić information content (AvgIpc) is 2.72. The Morgan fingerprint density at radius 3 is 2.63 bits per heavy atom. The van der Waals surface area contributed by atoms with Crippen LogP contribution in [0.4, 0.5) is 0 Å². The van der Waals surface area contributed by atoms with Crippen molar-refractivity contribution in [2.75, 3.05) is 0 Å². The number of hydrogen-bond acceptors (Lipinski definition) is 1. The fourth-order valence-corrected chi connectivity index (χ4v) is 2.41. The first-order chi connectivity index (χ1) is 9.15. The molecule has 2 aromatic carbocycles. The van der Waals surface area contributed by atoms with Crippen LogP contribution >= 0.6 is 23.2 Å². The summed E-state index contributed by atoms with van der Waals surface area (Å²) in [6, 6.07) is 12.9. The minimum atomic E-state index is -0.0874. The molecule has 3 nitrogen and oxygen atoms in total. The summed E-state index contributed by atoms with van der Waals surface area (Å²) < 4.78 is 1.80. The third kappa shape index (κ3) is 2.27. The van der Waals surface area contributed by atoms with Crippen LogP contribution in [0.2, 0.25) is 10.0 Å². The van der Waals surface area contributed by atoms with Gasteiger partial charge in [0.25, 0.3) is 5.56 Å². The van der Waals surface area contributed by atoms with E-state index in [2.05, 4.69) is 5.10 Å². The van der Waals surface area contributed by atoms with Crippen LogP contribution < -0.4 is 5.56 Å². The van der Waals surface area contributed by atoms with Crippen molar-refractivity contribution in [3.63, 3.8) is 0 Å². The van der Waals surface area contributed by atoms with Crippen molar-refractivity contribution >= 4 is 34.1 Å². The van der Waals surface area contributed by atoms with Gasteiger partial charge in [-0.2, -0.15) is 0 Å². The van der Waals surface area contributed by atoms with Gasteiger partial charge in [0.05, 0.1) is 27.5 Å². The normalized spacial score (nSPS) is 11.1. The Kier molecular flexibility index (Phi) is 3.09. The summed E-state index contributed by atoms with van der Waals surface area (Å²) in [4.78, 5) is 11.8. The Hall–Kier alpha value is -1.71. The Labute approximate surface area is 119 Å². The fourth-order valence-electron chi connectivity index (χ4n) is 2.09. The number of hydrogen-bond donors (Lipinski definition) is 1. The number of nitrogens with zero attached hydrogens (tertiary/aromatic N) is 1. The maximum atomic E-state index is 11.8. The molecule has 0 aliphatic carbocycles. The Bertz CT molecular complexity index is 805. The van der Waals surface area contributed by atoms with Gasteiger partial charge in [-0.25, -0.2) is 0 Å². The Morgan fingerprint density at radius 1 is 1.05 bits per heavy atom. The number of para-hydroxylation sites is 1. The van der Waals surface area contributed by atoms with Crippen molar-refractivity contribution in [2.24, 2.45) is 0 Å². The van der Waals surface area contributed by atoms with Gasteiger partial charge in [-0.3, -0.25) is 14.6 Å². The van der Waals surface area contributed by atoms with Crippen molar-refractivity contribution in [1.29, 1.82) is 0 Å². The number of nitrogens with one attached hydrogen (secondary N) is 1. The van der Waals surface area contributed by atoms with Crippen LogP contribution in [0.3, 0.4) is 0 Å². The predicted molar refractivity (Wildman–Crippen MR) is 78.1 cm³/mol. The van der Waals surface area contributed by atoms with Gasteiger partial charge in [0.1, 0.15) is 0 Å². The molecule has 96 valence electrons. The number of halogens is 2. The molecule has 0 amide bonds. The van der Waals surface area contributed by atoms with Crippen LogP contribution in [0.1, 0.15) is 5.56 Å². The van der Waals surface area contributed by atoms with E-state index in [4.69, 9.17) is 23.2 Å². The monoisotopic (exact) mass is 292 g/mol. The lowest BCUT2D eigenvalue weighted by atomic mass is 10.2. The van der Waals surface area contributed by atoms with Gasteiger partial charge in [0.15, 0.2) is 0 Å². The van der Waals surface area contributed by atoms with E-state index >= 15 is 0 Å². The van der Waals surface area contributed by atoms with E-state index in [1.165, 1.54) is 0 Å². The van der Waals surface area contributed by atoms with E-state index in [-0.39, 0.29) is 5.56 Å². The quantitative estimate of drug-likeness (QED) is 0.769. The minimum absolute atomic E-state index is 0.0874. The maximum absolute atomic E-state index is 11.8. The van der Waals surface area contributed by atoms with E-state index in [0.29, 0.717) is 22.0 Å². The summed E-state index contributed by atoms with van der Waals surface area (Å²) in [6.07, 6.45) is 0.